The van der Waals surface area contributed by atoms with Gasteiger partial charge in [-0.1, -0.05) is 95.0 Å². The Morgan fingerprint density at radius 3 is 2.10 bits per heavy atom. The van der Waals surface area contributed by atoms with Gasteiger partial charge in [-0.25, -0.2) is 0 Å². The summed E-state index contributed by atoms with van der Waals surface area (Å²) in [5, 5.41) is 0. The van der Waals surface area contributed by atoms with E-state index in [0.29, 0.717) is 19.8 Å². The first-order valence-electron chi connectivity index (χ1n) is 12.1. The Morgan fingerprint density at radius 1 is 0.871 bits per heavy atom. The lowest BCUT2D eigenvalue weighted by molar-refractivity contribution is -0.870. The second kappa shape index (κ2) is 17.9. The summed E-state index contributed by atoms with van der Waals surface area (Å²) in [6, 6.07) is 10.2. The molecular weight excluding hydrogens is 409 g/mol. The van der Waals surface area contributed by atoms with Gasteiger partial charge >= 0.3 is 8.60 Å². The minimum atomic E-state index is -1.85. The van der Waals surface area contributed by atoms with E-state index < -0.39 is 8.60 Å². The van der Waals surface area contributed by atoms with Gasteiger partial charge < -0.3 is 23.2 Å². The molecule has 2 unspecified atom stereocenters. The van der Waals surface area contributed by atoms with Crippen molar-refractivity contribution in [2.75, 3.05) is 40.9 Å². The SMILES string of the molecule is CCCCCCCCCCCC(COP(O)OCC[N+](C)(C)C)OCc1ccccc1. The third-order valence-corrected chi connectivity index (χ3v) is 6.07. The molecule has 0 heterocycles. The zero-order valence-corrected chi connectivity index (χ0v) is 21.3. The second-order valence-electron chi connectivity index (χ2n) is 9.42. The smallest absolute Gasteiger partial charge is 0.330 e. The van der Waals surface area contributed by atoms with Gasteiger partial charge in [0.05, 0.1) is 40.5 Å². The molecular formula is C25H47NO4P+. The molecule has 180 valence electrons. The van der Waals surface area contributed by atoms with Gasteiger partial charge in [-0.05, 0) is 12.0 Å². The molecule has 1 rings (SSSR count). The van der Waals surface area contributed by atoms with E-state index in [0.717, 1.165) is 29.4 Å². The summed E-state index contributed by atoms with van der Waals surface area (Å²) in [7, 11) is 4.45. The zero-order valence-electron chi connectivity index (χ0n) is 20.4. The van der Waals surface area contributed by atoms with Crippen molar-refractivity contribution in [3.05, 3.63) is 35.9 Å². The van der Waals surface area contributed by atoms with Crippen molar-refractivity contribution in [1.29, 1.82) is 0 Å². The number of ether oxygens (including phenoxy) is 1. The molecule has 31 heavy (non-hydrogen) atoms. The number of unbranched alkanes of at least 4 members (excludes halogenated alkanes) is 8. The van der Waals surface area contributed by atoms with Crippen molar-refractivity contribution in [2.45, 2.75) is 83.8 Å². The predicted octanol–water partition coefficient (Wildman–Crippen LogP) is 6.45. The van der Waals surface area contributed by atoms with Crippen LogP contribution < -0.4 is 0 Å². The molecule has 0 saturated heterocycles. The number of hydrogen-bond acceptors (Lipinski definition) is 4. The first kappa shape index (κ1) is 28.5. The summed E-state index contributed by atoms with van der Waals surface area (Å²) in [6.07, 6.45) is 12.7. The Kier molecular flexibility index (Phi) is 16.5. The van der Waals surface area contributed by atoms with Gasteiger partial charge in [-0.2, -0.15) is 0 Å². The number of quaternary nitrogens is 1. The second-order valence-corrected chi connectivity index (χ2v) is 10.4. The van der Waals surface area contributed by atoms with Crippen LogP contribution in [0.2, 0.25) is 0 Å². The Morgan fingerprint density at radius 2 is 1.48 bits per heavy atom. The number of likely N-dealkylation sites (N-methyl/N-ethyl adjacent to an activating group) is 1. The average molecular weight is 457 g/mol. The highest BCUT2D eigenvalue weighted by atomic mass is 31.2. The van der Waals surface area contributed by atoms with Crippen LogP contribution in [0.25, 0.3) is 0 Å². The van der Waals surface area contributed by atoms with Crippen LogP contribution in [0, 0.1) is 0 Å². The molecule has 1 aromatic carbocycles. The molecule has 5 nitrogen and oxygen atoms in total. The standard InChI is InChI=1S/C25H47NO4P/c1-5-6-7-8-9-10-11-12-16-19-25(28-22-24-17-14-13-15-18-24)23-30-31(27)29-21-20-26(2,3)4/h13-15,17-18,25,27H,5-12,16,19-23H2,1-4H3/q+1. The van der Waals surface area contributed by atoms with Crippen LogP contribution in [0.3, 0.4) is 0 Å². The van der Waals surface area contributed by atoms with E-state index in [-0.39, 0.29) is 6.10 Å². The van der Waals surface area contributed by atoms with E-state index >= 15 is 0 Å². The first-order valence-corrected chi connectivity index (χ1v) is 13.2. The summed E-state index contributed by atoms with van der Waals surface area (Å²) in [6.45, 7) is 4.51. The van der Waals surface area contributed by atoms with Crippen LogP contribution >= 0.6 is 8.60 Å². The van der Waals surface area contributed by atoms with Crippen LogP contribution in [0.4, 0.5) is 0 Å². The van der Waals surface area contributed by atoms with Gasteiger partial charge in [0, 0.05) is 0 Å². The fraction of sp³-hybridized carbons (Fsp3) is 0.760. The summed E-state index contributed by atoms with van der Waals surface area (Å²) in [4.78, 5) is 10.1. The minimum absolute atomic E-state index is 0.0242. The fourth-order valence-electron chi connectivity index (χ4n) is 3.26. The third kappa shape index (κ3) is 17.7. The maximum Gasteiger partial charge on any atom is 0.330 e. The lowest BCUT2D eigenvalue weighted by Crippen LogP contribution is -2.37. The average Bonchev–Trinajstić information content (AvgIpc) is 2.73. The summed E-state index contributed by atoms with van der Waals surface area (Å²) in [5.41, 5.74) is 1.16. The van der Waals surface area contributed by atoms with Crippen LogP contribution in [-0.4, -0.2) is 56.4 Å². The van der Waals surface area contributed by atoms with E-state index in [2.05, 4.69) is 40.2 Å². The molecule has 1 N–H and O–H groups in total. The molecule has 6 heteroatoms. The van der Waals surface area contributed by atoms with Crippen molar-refractivity contribution < 1.29 is 23.2 Å². The number of nitrogens with zero attached hydrogens (tertiary/aromatic N) is 1. The maximum atomic E-state index is 10.1. The first-order chi connectivity index (χ1) is 14.9. The molecule has 0 aliphatic heterocycles. The summed E-state index contributed by atoms with van der Waals surface area (Å²) < 4.78 is 18.0. The van der Waals surface area contributed by atoms with Gasteiger partial charge in [0.25, 0.3) is 0 Å². The van der Waals surface area contributed by atoms with Crippen molar-refractivity contribution in [1.82, 2.24) is 0 Å². The Bertz CT molecular complexity index is 524. The van der Waals surface area contributed by atoms with Crippen molar-refractivity contribution in [3.8, 4) is 0 Å². The highest BCUT2D eigenvalue weighted by Crippen LogP contribution is 2.33. The number of benzene rings is 1. The van der Waals surface area contributed by atoms with Crippen molar-refractivity contribution >= 4 is 8.60 Å². The highest BCUT2D eigenvalue weighted by Gasteiger charge is 2.16. The monoisotopic (exact) mass is 456 g/mol. The molecule has 0 radical (unpaired) electrons. The van der Waals surface area contributed by atoms with E-state index in [4.69, 9.17) is 13.8 Å². The largest absolute Gasteiger partial charge is 0.371 e. The fourth-order valence-corrected chi connectivity index (χ4v) is 3.87. The highest BCUT2D eigenvalue weighted by molar-refractivity contribution is 7.40. The van der Waals surface area contributed by atoms with Gasteiger partial charge in [-0.15, -0.1) is 0 Å². The maximum absolute atomic E-state index is 10.1. The number of rotatable bonds is 20. The Balaban J connectivity index is 2.28. The van der Waals surface area contributed by atoms with Crippen LogP contribution in [-0.2, 0) is 20.4 Å². The van der Waals surface area contributed by atoms with E-state index in [1.807, 2.05) is 18.2 Å². The van der Waals surface area contributed by atoms with Gasteiger partial charge in [0.1, 0.15) is 13.2 Å². The van der Waals surface area contributed by atoms with E-state index in [9.17, 15) is 4.89 Å². The molecule has 0 amide bonds. The normalized spacial score (nSPS) is 14.0. The lowest BCUT2D eigenvalue weighted by atomic mass is 10.1. The molecule has 0 aromatic heterocycles. The molecule has 1 aromatic rings. The Hall–Kier alpha value is -0.550. The summed E-state index contributed by atoms with van der Waals surface area (Å²) >= 11 is 0. The van der Waals surface area contributed by atoms with Crippen molar-refractivity contribution in [2.24, 2.45) is 0 Å². The van der Waals surface area contributed by atoms with Crippen LogP contribution in [0.5, 0.6) is 0 Å². The van der Waals surface area contributed by atoms with E-state index in [1.54, 1.807) is 0 Å². The summed E-state index contributed by atoms with van der Waals surface area (Å²) in [5.74, 6) is 0. The van der Waals surface area contributed by atoms with Crippen molar-refractivity contribution in [3.63, 3.8) is 0 Å². The Labute approximate surface area is 192 Å². The molecule has 0 saturated carbocycles. The van der Waals surface area contributed by atoms with E-state index in [1.165, 1.54) is 51.4 Å². The van der Waals surface area contributed by atoms with Crippen LogP contribution in [0.1, 0.15) is 76.7 Å². The molecule has 0 aliphatic carbocycles. The number of hydrogen-bond donors (Lipinski definition) is 1. The molecule has 0 fully saturated rings. The van der Waals surface area contributed by atoms with Crippen LogP contribution in [0.15, 0.2) is 30.3 Å². The van der Waals surface area contributed by atoms with Gasteiger partial charge in [0.15, 0.2) is 0 Å². The third-order valence-electron chi connectivity index (χ3n) is 5.29. The molecule has 2 atom stereocenters. The van der Waals surface area contributed by atoms with Gasteiger partial charge in [-0.3, -0.25) is 0 Å². The topological polar surface area (TPSA) is 47.9 Å². The predicted molar refractivity (Wildman–Crippen MR) is 131 cm³/mol. The molecule has 0 spiro atoms. The lowest BCUT2D eigenvalue weighted by Gasteiger charge is -2.24. The quantitative estimate of drug-likeness (QED) is 0.139. The molecule has 0 bridgehead atoms. The minimum Gasteiger partial charge on any atom is -0.371 e. The van der Waals surface area contributed by atoms with Gasteiger partial charge in [0.2, 0.25) is 0 Å². The molecule has 0 aliphatic rings. The zero-order chi connectivity index (χ0) is 22.8.